The first kappa shape index (κ1) is 14.2. The Morgan fingerprint density at radius 3 is 2.61 bits per heavy atom. The normalized spacial score (nSPS) is 12.2. The van der Waals surface area contributed by atoms with Crippen LogP contribution in [0.1, 0.15) is 25.1 Å². The number of pyridine rings is 1. The van der Waals surface area contributed by atoms with Gasteiger partial charge in [-0.2, -0.15) is 0 Å². The highest BCUT2D eigenvalue weighted by atomic mass is 16.4. The zero-order chi connectivity index (χ0) is 13.7. The lowest BCUT2D eigenvalue weighted by molar-refractivity contribution is -0.143. The van der Waals surface area contributed by atoms with Crippen molar-refractivity contribution >= 4 is 11.9 Å². The first-order valence-corrected chi connectivity index (χ1v) is 5.84. The van der Waals surface area contributed by atoms with Crippen molar-refractivity contribution in [3.63, 3.8) is 0 Å². The molecule has 98 valence electrons. The number of nitrogens with zero attached hydrogens (tertiary/aromatic N) is 1. The Morgan fingerprint density at radius 1 is 1.44 bits per heavy atom. The van der Waals surface area contributed by atoms with E-state index in [0.717, 1.165) is 5.56 Å². The van der Waals surface area contributed by atoms with E-state index >= 15 is 0 Å². The van der Waals surface area contributed by atoms with E-state index in [1.54, 1.807) is 26.1 Å². The Balaban J connectivity index is 2.67. The van der Waals surface area contributed by atoms with Gasteiger partial charge < -0.3 is 10.4 Å². The van der Waals surface area contributed by atoms with Crippen LogP contribution in [-0.4, -0.2) is 28.0 Å². The standard InChI is InChI=1S/C13H18N2O3/c1-8(2)12(13(17)18)15-11(16)7-10-9(3)5-4-6-14-10/h4-6,8,12H,7H2,1-3H3,(H,15,16)(H,17,18)/t12-/m0/s1. The van der Waals surface area contributed by atoms with Gasteiger partial charge in [0.1, 0.15) is 6.04 Å². The molecule has 1 heterocycles. The van der Waals surface area contributed by atoms with Gasteiger partial charge in [-0.3, -0.25) is 9.78 Å². The van der Waals surface area contributed by atoms with Crippen LogP contribution in [-0.2, 0) is 16.0 Å². The molecule has 18 heavy (non-hydrogen) atoms. The maximum Gasteiger partial charge on any atom is 0.326 e. The van der Waals surface area contributed by atoms with Crippen LogP contribution in [0.25, 0.3) is 0 Å². The quantitative estimate of drug-likeness (QED) is 0.821. The first-order valence-electron chi connectivity index (χ1n) is 5.84. The third-order valence-corrected chi connectivity index (χ3v) is 2.70. The Morgan fingerprint density at radius 2 is 2.11 bits per heavy atom. The summed E-state index contributed by atoms with van der Waals surface area (Å²) in [5.41, 5.74) is 1.59. The van der Waals surface area contributed by atoms with Crippen LogP contribution in [0.2, 0.25) is 0 Å². The summed E-state index contributed by atoms with van der Waals surface area (Å²) in [6.45, 7) is 5.38. The zero-order valence-electron chi connectivity index (χ0n) is 10.8. The van der Waals surface area contributed by atoms with E-state index in [0.29, 0.717) is 5.69 Å². The number of carboxylic acids is 1. The van der Waals surface area contributed by atoms with Gasteiger partial charge in [-0.15, -0.1) is 0 Å². The van der Waals surface area contributed by atoms with E-state index in [4.69, 9.17) is 5.11 Å². The molecule has 5 nitrogen and oxygen atoms in total. The van der Waals surface area contributed by atoms with Gasteiger partial charge in [0.2, 0.25) is 5.91 Å². The van der Waals surface area contributed by atoms with Crippen molar-refractivity contribution in [1.82, 2.24) is 10.3 Å². The third kappa shape index (κ3) is 3.84. The zero-order valence-corrected chi connectivity index (χ0v) is 10.8. The molecular weight excluding hydrogens is 232 g/mol. The van der Waals surface area contributed by atoms with E-state index in [-0.39, 0.29) is 18.2 Å². The molecule has 0 fully saturated rings. The number of carbonyl (C=O) groups excluding carboxylic acids is 1. The van der Waals surface area contributed by atoms with Crippen molar-refractivity contribution in [2.75, 3.05) is 0 Å². The number of nitrogens with one attached hydrogen (secondary N) is 1. The van der Waals surface area contributed by atoms with Crippen LogP contribution in [0, 0.1) is 12.8 Å². The Kier molecular flexibility index (Phi) is 4.83. The first-order chi connectivity index (χ1) is 8.41. The highest BCUT2D eigenvalue weighted by Crippen LogP contribution is 2.06. The summed E-state index contributed by atoms with van der Waals surface area (Å²) in [6.07, 6.45) is 1.72. The van der Waals surface area contributed by atoms with Gasteiger partial charge in [0.15, 0.2) is 0 Å². The molecule has 0 saturated carbocycles. The molecule has 1 aromatic rings. The van der Waals surface area contributed by atoms with Gasteiger partial charge in [0, 0.05) is 6.20 Å². The van der Waals surface area contributed by atoms with Gasteiger partial charge >= 0.3 is 5.97 Å². The van der Waals surface area contributed by atoms with Crippen molar-refractivity contribution in [2.24, 2.45) is 5.92 Å². The molecule has 2 N–H and O–H groups in total. The predicted molar refractivity (Wildman–Crippen MR) is 67.1 cm³/mol. The Labute approximate surface area is 106 Å². The van der Waals surface area contributed by atoms with Gasteiger partial charge in [-0.25, -0.2) is 4.79 Å². The summed E-state index contributed by atoms with van der Waals surface area (Å²) in [5, 5.41) is 11.5. The van der Waals surface area contributed by atoms with Gasteiger partial charge in [0.25, 0.3) is 0 Å². The monoisotopic (exact) mass is 250 g/mol. The molecule has 0 aliphatic rings. The predicted octanol–water partition coefficient (Wildman–Crippen LogP) is 1.16. The minimum absolute atomic E-state index is 0.100. The minimum atomic E-state index is -1.02. The third-order valence-electron chi connectivity index (χ3n) is 2.70. The van der Waals surface area contributed by atoms with Crippen molar-refractivity contribution < 1.29 is 14.7 Å². The molecule has 0 aliphatic carbocycles. The lowest BCUT2D eigenvalue weighted by Gasteiger charge is -2.17. The van der Waals surface area contributed by atoms with Crippen molar-refractivity contribution in [3.05, 3.63) is 29.6 Å². The second kappa shape index (κ2) is 6.14. The van der Waals surface area contributed by atoms with Crippen molar-refractivity contribution in [2.45, 2.75) is 33.2 Å². The van der Waals surface area contributed by atoms with E-state index in [1.807, 2.05) is 13.0 Å². The van der Waals surface area contributed by atoms with Crippen LogP contribution >= 0.6 is 0 Å². The summed E-state index contributed by atoms with van der Waals surface area (Å²) in [4.78, 5) is 26.8. The topological polar surface area (TPSA) is 79.3 Å². The molecule has 0 radical (unpaired) electrons. The molecule has 0 aromatic carbocycles. The van der Waals surface area contributed by atoms with Crippen LogP contribution in [0.5, 0.6) is 0 Å². The highest BCUT2D eigenvalue weighted by Gasteiger charge is 2.23. The summed E-state index contributed by atoms with van der Waals surface area (Å²) in [7, 11) is 0. The number of carbonyl (C=O) groups is 2. The number of aryl methyl sites for hydroxylation is 1. The van der Waals surface area contributed by atoms with E-state index < -0.39 is 12.0 Å². The second-order valence-corrected chi connectivity index (χ2v) is 4.57. The van der Waals surface area contributed by atoms with E-state index in [2.05, 4.69) is 10.3 Å². The molecule has 1 rings (SSSR count). The van der Waals surface area contributed by atoms with Gasteiger partial charge in [-0.1, -0.05) is 19.9 Å². The molecule has 0 bridgehead atoms. The average Bonchev–Trinajstić information content (AvgIpc) is 2.28. The van der Waals surface area contributed by atoms with Gasteiger partial charge in [0.05, 0.1) is 12.1 Å². The number of amides is 1. The highest BCUT2D eigenvalue weighted by molar-refractivity contribution is 5.84. The lowest BCUT2D eigenvalue weighted by atomic mass is 10.0. The van der Waals surface area contributed by atoms with Crippen molar-refractivity contribution in [3.8, 4) is 0 Å². The lowest BCUT2D eigenvalue weighted by Crippen LogP contribution is -2.45. The molecular formula is C13H18N2O3. The van der Waals surface area contributed by atoms with Crippen LogP contribution in [0.4, 0.5) is 0 Å². The van der Waals surface area contributed by atoms with Gasteiger partial charge in [-0.05, 0) is 24.5 Å². The average molecular weight is 250 g/mol. The second-order valence-electron chi connectivity index (χ2n) is 4.57. The fourth-order valence-corrected chi connectivity index (χ4v) is 1.59. The van der Waals surface area contributed by atoms with E-state index in [1.165, 1.54) is 0 Å². The summed E-state index contributed by atoms with van der Waals surface area (Å²) >= 11 is 0. The number of carboxylic acid groups (broad SMARTS) is 1. The van der Waals surface area contributed by atoms with E-state index in [9.17, 15) is 9.59 Å². The number of rotatable bonds is 5. The SMILES string of the molecule is Cc1cccnc1CC(=O)N[C@H](C(=O)O)C(C)C. The number of hydrogen-bond acceptors (Lipinski definition) is 3. The fraction of sp³-hybridized carbons (Fsp3) is 0.462. The Hall–Kier alpha value is -1.91. The Bertz CT molecular complexity index is 444. The van der Waals surface area contributed by atoms with Crippen LogP contribution < -0.4 is 5.32 Å². The summed E-state index contributed by atoms with van der Waals surface area (Å²) in [5.74, 6) is -1.50. The van der Waals surface area contributed by atoms with Crippen LogP contribution in [0.15, 0.2) is 18.3 Å². The fourth-order valence-electron chi connectivity index (χ4n) is 1.59. The summed E-state index contributed by atoms with van der Waals surface area (Å²) < 4.78 is 0. The smallest absolute Gasteiger partial charge is 0.326 e. The molecule has 0 unspecified atom stereocenters. The molecule has 1 atom stereocenters. The molecule has 0 spiro atoms. The largest absolute Gasteiger partial charge is 0.480 e. The number of hydrogen-bond donors (Lipinski definition) is 2. The number of aromatic nitrogens is 1. The molecule has 0 aliphatic heterocycles. The van der Waals surface area contributed by atoms with Crippen LogP contribution in [0.3, 0.4) is 0 Å². The summed E-state index contributed by atoms with van der Waals surface area (Å²) in [6, 6.07) is 2.80. The number of aliphatic carboxylic acids is 1. The molecule has 1 amide bonds. The maximum absolute atomic E-state index is 11.8. The maximum atomic E-state index is 11.8. The minimum Gasteiger partial charge on any atom is -0.480 e. The van der Waals surface area contributed by atoms with Crippen molar-refractivity contribution in [1.29, 1.82) is 0 Å². The molecule has 0 saturated heterocycles. The molecule has 5 heteroatoms. The molecule has 1 aromatic heterocycles.